The van der Waals surface area contributed by atoms with E-state index in [-0.39, 0.29) is 0 Å². The molecular weight excluding hydrogens is 412 g/mol. The fourth-order valence-corrected chi connectivity index (χ4v) is 10.2. The minimum Gasteiger partial charge on any atom is -0.0985 e. The van der Waals surface area contributed by atoms with Crippen molar-refractivity contribution in [2.24, 2.45) is 0 Å². The molecule has 0 aromatic heterocycles. The molecule has 0 spiro atoms. The fraction of sp³-hybridized carbons (Fsp3) is 0.500. The average Bonchev–Trinajstić information content (AvgIpc) is 2.87. The molecule has 0 saturated heterocycles. The number of unbranched alkanes of at least 4 members (excludes halogenated alkanes) is 10. The van der Waals surface area contributed by atoms with Crippen molar-refractivity contribution in [3.05, 3.63) is 72.8 Å². The number of rotatable bonds is 18. The van der Waals surface area contributed by atoms with E-state index >= 15 is 0 Å². The highest BCUT2D eigenvalue weighted by Gasteiger charge is 2.36. The summed E-state index contributed by atoms with van der Waals surface area (Å²) in [6.07, 6.45) is 20.4. The lowest BCUT2D eigenvalue weighted by Crippen LogP contribution is -2.58. The number of benzene rings is 2. The van der Waals surface area contributed by atoms with E-state index in [4.69, 9.17) is 0 Å². The van der Waals surface area contributed by atoms with E-state index < -0.39 is 8.07 Å². The van der Waals surface area contributed by atoms with Crippen LogP contribution in [0.25, 0.3) is 12.2 Å². The first-order chi connectivity index (χ1) is 16.2. The second kappa shape index (κ2) is 15.9. The summed E-state index contributed by atoms with van der Waals surface area (Å²) >= 11 is 0. The molecule has 0 N–H and O–H groups in total. The van der Waals surface area contributed by atoms with Crippen molar-refractivity contribution < 1.29 is 0 Å². The quantitative estimate of drug-likeness (QED) is 0.153. The van der Waals surface area contributed by atoms with Gasteiger partial charge in [0.25, 0.3) is 0 Å². The highest BCUT2D eigenvalue weighted by molar-refractivity contribution is 7.02. The van der Waals surface area contributed by atoms with Gasteiger partial charge in [0, 0.05) is 0 Å². The van der Waals surface area contributed by atoms with E-state index in [1.165, 1.54) is 100 Å². The van der Waals surface area contributed by atoms with Gasteiger partial charge in [-0.15, -0.1) is 0 Å². The first kappa shape index (κ1) is 27.4. The van der Waals surface area contributed by atoms with Crippen LogP contribution in [-0.2, 0) is 0 Å². The van der Waals surface area contributed by atoms with Crippen molar-refractivity contribution in [3.8, 4) is 0 Å². The zero-order valence-electron chi connectivity index (χ0n) is 21.6. The summed E-state index contributed by atoms with van der Waals surface area (Å²) in [4.78, 5) is 0. The minimum absolute atomic E-state index is 1.22. The molecule has 0 nitrogen and oxygen atoms in total. The Kier molecular flexibility index (Phi) is 13.2. The molecule has 2 aromatic rings. The Labute approximate surface area is 206 Å². The highest BCUT2D eigenvalue weighted by Crippen LogP contribution is 2.25. The first-order valence-corrected chi connectivity index (χ1v) is 16.1. The van der Waals surface area contributed by atoms with Crippen molar-refractivity contribution >= 4 is 30.6 Å². The molecule has 0 aliphatic heterocycles. The Morgan fingerprint density at radius 2 is 0.848 bits per heavy atom. The maximum Gasteiger partial charge on any atom is 0.118 e. The van der Waals surface area contributed by atoms with Gasteiger partial charge in [0.15, 0.2) is 0 Å². The molecule has 0 heterocycles. The van der Waals surface area contributed by atoms with E-state index in [0.717, 1.165) is 0 Å². The van der Waals surface area contributed by atoms with Crippen LogP contribution in [0.1, 0.15) is 102 Å². The van der Waals surface area contributed by atoms with E-state index in [2.05, 4.69) is 75.5 Å². The molecule has 0 atom stereocenters. The monoisotopic (exact) mass is 460 g/mol. The topological polar surface area (TPSA) is 0 Å². The van der Waals surface area contributed by atoms with E-state index in [1.54, 1.807) is 10.4 Å². The molecular formula is C32H48Si. The molecule has 0 fully saturated rings. The molecule has 0 saturated carbocycles. The standard InChI is InChI=1S/C32H48Si/c1-5-9-11-13-15-17-27-33(28-18-16-14-12-10-6-2,31-23-19-29(7-3)20-24-31)32-25-21-30(8-4)22-26-32/h7-8,19-26H,3-6,9-18,27-28H2,1-2H3. The number of hydrogen-bond donors (Lipinski definition) is 0. The molecule has 0 aliphatic rings. The first-order valence-electron chi connectivity index (χ1n) is 13.7. The lowest BCUT2D eigenvalue weighted by Gasteiger charge is -2.34. The molecule has 0 radical (unpaired) electrons. The second-order valence-corrected chi connectivity index (χ2v) is 14.1. The Morgan fingerprint density at radius 3 is 1.18 bits per heavy atom. The van der Waals surface area contributed by atoms with Crippen LogP contribution in [0.3, 0.4) is 0 Å². The van der Waals surface area contributed by atoms with Crippen LogP contribution >= 0.6 is 0 Å². The lowest BCUT2D eigenvalue weighted by molar-refractivity contribution is 0.616. The molecule has 0 unspecified atom stereocenters. The van der Waals surface area contributed by atoms with Gasteiger partial charge in [0.2, 0.25) is 0 Å². The normalized spacial score (nSPS) is 11.5. The van der Waals surface area contributed by atoms with Crippen LogP contribution < -0.4 is 10.4 Å². The molecule has 0 bridgehead atoms. The van der Waals surface area contributed by atoms with Crippen molar-refractivity contribution in [1.29, 1.82) is 0 Å². The summed E-state index contributed by atoms with van der Waals surface area (Å²) in [5.74, 6) is 0. The third kappa shape index (κ3) is 8.78. The third-order valence-electron chi connectivity index (χ3n) is 7.31. The zero-order chi connectivity index (χ0) is 23.8. The molecule has 2 rings (SSSR count). The molecule has 1 heteroatoms. The summed E-state index contributed by atoms with van der Waals surface area (Å²) in [5, 5.41) is 3.23. The second-order valence-electron chi connectivity index (χ2n) is 9.77. The van der Waals surface area contributed by atoms with Crippen LogP contribution in [-0.4, -0.2) is 8.07 Å². The lowest BCUT2D eigenvalue weighted by atomic mass is 10.1. The third-order valence-corrected chi connectivity index (χ3v) is 12.6. The van der Waals surface area contributed by atoms with E-state index in [1.807, 2.05) is 12.2 Å². The highest BCUT2D eigenvalue weighted by atomic mass is 28.3. The van der Waals surface area contributed by atoms with Crippen LogP contribution in [0.5, 0.6) is 0 Å². The summed E-state index contributed by atoms with van der Waals surface area (Å²) in [5.41, 5.74) is 2.45. The van der Waals surface area contributed by atoms with Crippen LogP contribution in [0.4, 0.5) is 0 Å². The van der Waals surface area contributed by atoms with Gasteiger partial charge in [-0.25, -0.2) is 0 Å². The maximum absolute atomic E-state index is 3.97. The van der Waals surface area contributed by atoms with Crippen molar-refractivity contribution in [2.75, 3.05) is 0 Å². The SMILES string of the molecule is C=Cc1ccc([Si](CCCCCCCC)(CCCCCCCC)c2ccc(C=C)cc2)cc1. The predicted octanol–water partition coefficient (Wildman–Crippen LogP) is 9.26. The molecule has 0 aliphatic carbocycles. The molecule has 2 aromatic carbocycles. The zero-order valence-corrected chi connectivity index (χ0v) is 22.6. The smallest absolute Gasteiger partial charge is 0.0985 e. The van der Waals surface area contributed by atoms with Gasteiger partial charge in [-0.05, 0) is 23.2 Å². The largest absolute Gasteiger partial charge is 0.118 e. The fourth-order valence-electron chi connectivity index (χ4n) is 5.16. The van der Waals surface area contributed by atoms with Crippen molar-refractivity contribution in [1.82, 2.24) is 0 Å². The van der Waals surface area contributed by atoms with Crippen molar-refractivity contribution in [2.45, 2.75) is 103 Å². The van der Waals surface area contributed by atoms with Gasteiger partial charge < -0.3 is 0 Å². The van der Waals surface area contributed by atoms with Gasteiger partial charge in [0.1, 0.15) is 8.07 Å². The Hall–Kier alpha value is -1.86. The summed E-state index contributed by atoms with van der Waals surface area (Å²) in [6.45, 7) is 12.6. The predicted molar refractivity (Wildman–Crippen MR) is 154 cm³/mol. The van der Waals surface area contributed by atoms with E-state index in [9.17, 15) is 0 Å². The van der Waals surface area contributed by atoms with Crippen LogP contribution in [0.2, 0.25) is 12.1 Å². The Morgan fingerprint density at radius 1 is 0.515 bits per heavy atom. The van der Waals surface area contributed by atoms with Gasteiger partial charge in [-0.1, -0.05) is 175 Å². The Balaban J connectivity index is 2.30. The van der Waals surface area contributed by atoms with Gasteiger partial charge in [-0.3, -0.25) is 0 Å². The van der Waals surface area contributed by atoms with E-state index in [0.29, 0.717) is 0 Å². The summed E-state index contributed by atoms with van der Waals surface area (Å²) < 4.78 is 0. The minimum atomic E-state index is -1.82. The van der Waals surface area contributed by atoms with Gasteiger partial charge in [0.05, 0.1) is 0 Å². The summed E-state index contributed by atoms with van der Waals surface area (Å²) in [6, 6.07) is 21.6. The maximum atomic E-state index is 3.97. The van der Waals surface area contributed by atoms with Crippen molar-refractivity contribution in [3.63, 3.8) is 0 Å². The summed E-state index contributed by atoms with van der Waals surface area (Å²) in [7, 11) is -1.82. The average molecular weight is 461 g/mol. The van der Waals surface area contributed by atoms with Gasteiger partial charge >= 0.3 is 0 Å². The Bertz CT molecular complexity index is 715. The van der Waals surface area contributed by atoms with Crippen LogP contribution in [0, 0.1) is 0 Å². The molecule has 0 amide bonds. The number of hydrogen-bond acceptors (Lipinski definition) is 0. The molecule has 180 valence electrons. The molecule has 33 heavy (non-hydrogen) atoms. The van der Waals surface area contributed by atoms with Gasteiger partial charge in [-0.2, -0.15) is 0 Å². The van der Waals surface area contributed by atoms with Crippen LogP contribution in [0.15, 0.2) is 61.7 Å².